The molecule has 0 aliphatic carbocycles. The second-order valence-corrected chi connectivity index (χ2v) is 10.7. The van der Waals surface area contributed by atoms with Crippen molar-refractivity contribution in [2.75, 3.05) is 39.0 Å². The van der Waals surface area contributed by atoms with Crippen LogP contribution in [-0.4, -0.2) is 78.7 Å². The largest absolute Gasteiger partial charge is 0.356 e. The zero-order valence-corrected chi connectivity index (χ0v) is 19.5. The van der Waals surface area contributed by atoms with Gasteiger partial charge in [0.1, 0.15) is 0 Å². The standard InChI is InChI=1S/C21H41N5O2S/c1-21(2,3)23-12-8-14-26(4)13-7-11-22-18(27)10-6-5-9-17-19-16(15-29-17)24-20(28)25-19/h16-17,19,23H,5-15H2,1-4H3,(H,22,27)(H2,24,25,28). The van der Waals surface area contributed by atoms with E-state index >= 15 is 0 Å². The highest BCUT2D eigenvalue weighted by Gasteiger charge is 2.42. The Morgan fingerprint density at radius 1 is 1.14 bits per heavy atom. The molecule has 8 heteroatoms. The van der Waals surface area contributed by atoms with Crippen LogP contribution in [0.5, 0.6) is 0 Å². The molecule has 2 aliphatic heterocycles. The molecule has 4 N–H and O–H groups in total. The van der Waals surface area contributed by atoms with Gasteiger partial charge in [0.05, 0.1) is 12.1 Å². The number of urea groups is 1. The van der Waals surface area contributed by atoms with Crippen molar-refractivity contribution in [3.8, 4) is 0 Å². The van der Waals surface area contributed by atoms with Crippen LogP contribution in [0.15, 0.2) is 0 Å². The van der Waals surface area contributed by atoms with Crippen molar-refractivity contribution < 1.29 is 9.59 Å². The summed E-state index contributed by atoms with van der Waals surface area (Å²) in [5, 5.41) is 13.0. The Morgan fingerprint density at radius 3 is 2.59 bits per heavy atom. The summed E-state index contributed by atoms with van der Waals surface area (Å²) in [6.07, 6.45) is 5.75. The number of carbonyl (C=O) groups excluding carboxylic acids is 2. The van der Waals surface area contributed by atoms with Crippen LogP contribution in [0.4, 0.5) is 4.79 Å². The van der Waals surface area contributed by atoms with Gasteiger partial charge in [-0.2, -0.15) is 11.8 Å². The predicted molar refractivity (Wildman–Crippen MR) is 121 cm³/mol. The van der Waals surface area contributed by atoms with Gasteiger partial charge in [0, 0.05) is 29.5 Å². The Bertz CT molecular complexity index is 526. The molecule has 3 amide bonds. The summed E-state index contributed by atoms with van der Waals surface area (Å²) in [6.45, 7) is 10.4. The number of amides is 3. The van der Waals surface area contributed by atoms with Crippen molar-refractivity contribution in [1.82, 2.24) is 26.2 Å². The summed E-state index contributed by atoms with van der Waals surface area (Å²) >= 11 is 1.94. The van der Waals surface area contributed by atoms with Gasteiger partial charge in [0.25, 0.3) is 0 Å². The second-order valence-electron chi connectivity index (χ2n) is 9.40. The summed E-state index contributed by atoms with van der Waals surface area (Å²) in [5.74, 6) is 1.16. The fraction of sp³-hybridized carbons (Fsp3) is 0.905. The highest BCUT2D eigenvalue weighted by Crippen LogP contribution is 2.33. The van der Waals surface area contributed by atoms with E-state index in [9.17, 15) is 9.59 Å². The zero-order valence-electron chi connectivity index (χ0n) is 18.7. The Kier molecular flexibility index (Phi) is 10.1. The molecule has 0 radical (unpaired) electrons. The van der Waals surface area contributed by atoms with Gasteiger partial charge in [-0.25, -0.2) is 4.79 Å². The minimum Gasteiger partial charge on any atom is -0.356 e. The first-order chi connectivity index (χ1) is 13.7. The van der Waals surface area contributed by atoms with Gasteiger partial charge in [-0.1, -0.05) is 6.42 Å². The molecule has 2 rings (SSSR count). The monoisotopic (exact) mass is 427 g/mol. The van der Waals surface area contributed by atoms with Gasteiger partial charge >= 0.3 is 6.03 Å². The molecule has 0 aromatic heterocycles. The number of hydrogen-bond donors (Lipinski definition) is 4. The predicted octanol–water partition coefficient (Wildman–Crippen LogP) is 1.93. The van der Waals surface area contributed by atoms with Crippen molar-refractivity contribution in [2.24, 2.45) is 0 Å². The molecule has 2 heterocycles. The van der Waals surface area contributed by atoms with Crippen LogP contribution in [0.25, 0.3) is 0 Å². The van der Waals surface area contributed by atoms with E-state index in [0.717, 1.165) is 64.0 Å². The van der Waals surface area contributed by atoms with E-state index in [4.69, 9.17) is 0 Å². The van der Waals surface area contributed by atoms with Crippen molar-refractivity contribution in [3.05, 3.63) is 0 Å². The molecular formula is C21H41N5O2S. The number of unbranched alkanes of at least 4 members (excludes halogenated alkanes) is 1. The lowest BCUT2D eigenvalue weighted by Gasteiger charge is -2.22. The lowest BCUT2D eigenvalue weighted by molar-refractivity contribution is -0.121. The maximum atomic E-state index is 12.0. The zero-order chi connectivity index (χ0) is 21.3. The molecule has 3 unspecified atom stereocenters. The van der Waals surface area contributed by atoms with E-state index in [1.165, 1.54) is 0 Å². The first kappa shape index (κ1) is 24.3. The molecule has 29 heavy (non-hydrogen) atoms. The molecule has 7 nitrogen and oxygen atoms in total. The van der Waals surface area contributed by atoms with Crippen LogP contribution in [0.2, 0.25) is 0 Å². The van der Waals surface area contributed by atoms with Crippen LogP contribution < -0.4 is 21.3 Å². The van der Waals surface area contributed by atoms with Gasteiger partial charge in [-0.3, -0.25) is 4.79 Å². The van der Waals surface area contributed by atoms with E-state index in [0.29, 0.717) is 11.7 Å². The maximum Gasteiger partial charge on any atom is 0.315 e. The van der Waals surface area contributed by atoms with Gasteiger partial charge in [0.15, 0.2) is 0 Å². The van der Waals surface area contributed by atoms with Crippen molar-refractivity contribution in [1.29, 1.82) is 0 Å². The fourth-order valence-electron chi connectivity index (χ4n) is 3.86. The van der Waals surface area contributed by atoms with E-state index in [-0.39, 0.29) is 29.6 Å². The number of carbonyl (C=O) groups is 2. The molecule has 0 aromatic rings. The Balaban J connectivity index is 1.42. The van der Waals surface area contributed by atoms with E-state index in [1.807, 2.05) is 11.8 Å². The topological polar surface area (TPSA) is 85.5 Å². The van der Waals surface area contributed by atoms with Crippen molar-refractivity contribution >= 4 is 23.7 Å². The SMILES string of the molecule is CN(CCCNC(=O)CCCCC1SCC2NC(=O)NC21)CCCNC(C)(C)C. The van der Waals surface area contributed by atoms with Crippen molar-refractivity contribution in [3.63, 3.8) is 0 Å². The van der Waals surface area contributed by atoms with Gasteiger partial charge < -0.3 is 26.2 Å². The molecular weight excluding hydrogens is 386 g/mol. The van der Waals surface area contributed by atoms with Crippen LogP contribution in [-0.2, 0) is 4.79 Å². The first-order valence-corrected chi connectivity index (χ1v) is 12.2. The average molecular weight is 428 g/mol. The van der Waals surface area contributed by atoms with Crippen LogP contribution in [0.3, 0.4) is 0 Å². The van der Waals surface area contributed by atoms with Crippen molar-refractivity contribution in [2.45, 2.75) is 82.2 Å². The minimum atomic E-state index is -0.0307. The number of fused-ring (bicyclic) bond motifs is 1. The third kappa shape index (κ3) is 9.57. The molecule has 0 aromatic carbocycles. The summed E-state index contributed by atoms with van der Waals surface area (Å²) in [7, 11) is 2.15. The fourth-order valence-corrected chi connectivity index (χ4v) is 5.41. The molecule has 0 saturated carbocycles. The molecule has 3 atom stereocenters. The average Bonchev–Trinajstić information content (AvgIpc) is 3.18. The van der Waals surface area contributed by atoms with Gasteiger partial charge in [-0.15, -0.1) is 0 Å². The van der Waals surface area contributed by atoms with E-state index in [1.54, 1.807) is 0 Å². The third-order valence-electron chi connectivity index (χ3n) is 5.49. The lowest BCUT2D eigenvalue weighted by atomic mass is 10.0. The lowest BCUT2D eigenvalue weighted by Crippen LogP contribution is -2.37. The Morgan fingerprint density at radius 2 is 1.86 bits per heavy atom. The summed E-state index contributed by atoms with van der Waals surface area (Å²) in [4.78, 5) is 25.7. The van der Waals surface area contributed by atoms with E-state index < -0.39 is 0 Å². The highest BCUT2D eigenvalue weighted by molar-refractivity contribution is 8.00. The molecule has 2 fully saturated rings. The summed E-state index contributed by atoms with van der Waals surface area (Å²) in [6, 6.07) is 0.521. The van der Waals surface area contributed by atoms with E-state index in [2.05, 4.69) is 54.0 Å². The summed E-state index contributed by atoms with van der Waals surface area (Å²) in [5.41, 5.74) is 0.185. The summed E-state index contributed by atoms with van der Waals surface area (Å²) < 4.78 is 0. The molecule has 168 valence electrons. The second kappa shape index (κ2) is 12.0. The number of nitrogens with zero attached hydrogens (tertiary/aromatic N) is 1. The van der Waals surface area contributed by atoms with Gasteiger partial charge in [-0.05, 0) is 73.1 Å². The number of nitrogens with one attached hydrogen (secondary N) is 4. The number of hydrogen-bond acceptors (Lipinski definition) is 5. The quantitative estimate of drug-likeness (QED) is 0.267. The molecule has 0 spiro atoms. The number of thioether (sulfide) groups is 1. The highest BCUT2D eigenvalue weighted by atomic mass is 32.2. The first-order valence-electron chi connectivity index (χ1n) is 11.1. The smallest absolute Gasteiger partial charge is 0.315 e. The Hall–Kier alpha value is -0.990. The third-order valence-corrected chi connectivity index (χ3v) is 7.00. The minimum absolute atomic E-state index is 0.0307. The normalized spacial score (nSPS) is 23.8. The molecule has 2 saturated heterocycles. The molecule has 0 bridgehead atoms. The van der Waals surface area contributed by atoms with Gasteiger partial charge in [0.2, 0.25) is 5.91 Å². The maximum absolute atomic E-state index is 12.0. The van der Waals surface area contributed by atoms with Crippen LogP contribution >= 0.6 is 11.8 Å². The van der Waals surface area contributed by atoms with Crippen LogP contribution in [0.1, 0.15) is 59.3 Å². The Labute approximate surface area is 180 Å². The van der Waals surface area contributed by atoms with Crippen LogP contribution in [0, 0.1) is 0 Å². The molecule has 2 aliphatic rings. The number of rotatable bonds is 13.